The smallest absolute Gasteiger partial charge is 0.318 e. The van der Waals surface area contributed by atoms with Crippen LogP contribution in [0, 0.1) is 0 Å². The average molecular weight is 781 g/mol. The van der Waals surface area contributed by atoms with Crippen molar-refractivity contribution in [2.75, 3.05) is 32.8 Å². The number of aliphatic hydroxyl groups is 1. The van der Waals surface area contributed by atoms with Gasteiger partial charge in [-0.3, -0.25) is 19.3 Å². The Labute approximate surface area is 337 Å². The Morgan fingerprint density at radius 3 is 2.40 bits per heavy atom. The zero-order valence-electron chi connectivity index (χ0n) is 32.2. The van der Waals surface area contributed by atoms with Crippen LogP contribution >= 0.6 is 0 Å². The summed E-state index contributed by atoms with van der Waals surface area (Å²) in [5, 5.41) is 27.7. The molecule has 11 nitrogen and oxygen atoms in total. The molecule has 3 atom stereocenters. The fraction of sp³-hybridized carbons (Fsp3) is 0.255. The Bertz CT molecular complexity index is 2350. The van der Waals surface area contributed by atoms with E-state index in [2.05, 4.69) is 32.7 Å². The lowest BCUT2D eigenvalue weighted by Gasteiger charge is -2.21. The number of phenolic OH excluding ortho intramolecular Hbond substituents is 1. The molecule has 0 aliphatic carbocycles. The molecule has 3 unspecified atom stereocenters. The minimum Gasteiger partial charge on any atom is -0.506 e. The second-order valence-corrected chi connectivity index (χ2v) is 14.6. The molecule has 0 radical (unpaired) electrons. The highest BCUT2D eigenvalue weighted by atomic mass is 16.5. The van der Waals surface area contributed by atoms with Gasteiger partial charge in [0.15, 0.2) is 0 Å². The number of carbonyl (C=O) groups is 2. The van der Waals surface area contributed by atoms with E-state index in [1.165, 1.54) is 17.7 Å². The summed E-state index contributed by atoms with van der Waals surface area (Å²) in [4.78, 5) is 43.3. The molecule has 58 heavy (non-hydrogen) atoms. The maximum absolute atomic E-state index is 13.8. The normalized spacial score (nSPS) is 15.2. The number of nitrogens with zero attached hydrogens (tertiary/aromatic N) is 1. The topological polar surface area (TPSA) is 153 Å². The van der Waals surface area contributed by atoms with Crippen LogP contribution in [0.1, 0.15) is 63.0 Å². The Hall–Kier alpha value is -6.27. The van der Waals surface area contributed by atoms with Gasteiger partial charge >= 0.3 is 5.97 Å². The van der Waals surface area contributed by atoms with Gasteiger partial charge in [-0.2, -0.15) is 0 Å². The maximum Gasteiger partial charge on any atom is 0.318 e. The number of benzene rings is 5. The predicted molar refractivity (Wildman–Crippen MR) is 223 cm³/mol. The second-order valence-electron chi connectivity index (χ2n) is 14.6. The molecule has 2 heterocycles. The predicted octanol–water partition coefficient (Wildman–Crippen LogP) is 6.21. The van der Waals surface area contributed by atoms with E-state index < -0.39 is 12.0 Å². The van der Waals surface area contributed by atoms with E-state index in [1.54, 1.807) is 24.3 Å². The minimum absolute atomic E-state index is 0.0596. The molecule has 1 saturated heterocycles. The van der Waals surface area contributed by atoms with Crippen LogP contribution in [0.3, 0.4) is 0 Å². The van der Waals surface area contributed by atoms with Crippen molar-refractivity contribution in [1.82, 2.24) is 20.5 Å². The van der Waals surface area contributed by atoms with Crippen LogP contribution in [0.5, 0.6) is 11.5 Å². The van der Waals surface area contributed by atoms with Gasteiger partial charge in [-0.1, -0.05) is 91.0 Å². The van der Waals surface area contributed by atoms with Crippen molar-refractivity contribution in [1.29, 1.82) is 0 Å². The Morgan fingerprint density at radius 2 is 1.60 bits per heavy atom. The summed E-state index contributed by atoms with van der Waals surface area (Å²) in [6.07, 6.45) is 0.329. The second kappa shape index (κ2) is 19.3. The molecule has 0 bridgehead atoms. The molecular formula is C47H48N4O7. The number of aromatic nitrogens is 1. The highest BCUT2D eigenvalue weighted by Crippen LogP contribution is 2.31. The molecule has 0 saturated carbocycles. The van der Waals surface area contributed by atoms with Crippen molar-refractivity contribution in [3.63, 3.8) is 0 Å². The fourth-order valence-corrected chi connectivity index (χ4v) is 7.36. The first-order valence-electron chi connectivity index (χ1n) is 19.7. The van der Waals surface area contributed by atoms with Gasteiger partial charge in [-0.15, -0.1) is 0 Å². The first-order chi connectivity index (χ1) is 28.3. The number of aromatic amines is 1. The molecule has 1 aliphatic heterocycles. The largest absolute Gasteiger partial charge is 0.506 e. The molecule has 1 aliphatic rings. The number of amides is 1. The van der Waals surface area contributed by atoms with Crippen molar-refractivity contribution in [2.24, 2.45) is 0 Å². The lowest BCUT2D eigenvalue weighted by atomic mass is 9.91. The molecule has 5 N–H and O–H groups in total. The number of aromatic hydroxyl groups is 1. The summed E-state index contributed by atoms with van der Waals surface area (Å²) in [7, 11) is 0. The van der Waals surface area contributed by atoms with Gasteiger partial charge in [0, 0.05) is 56.3 Å². The summed E-state index contributed by atoms with van der Waals surface area (Å²) in [5.41, 5.74) is 4.89. The fourth-order valence-electron chi connectivity index (χ4n) is 7.36. The average Bonchev–Trinajstić information content (AvgIpc) is 3.68. The van der Waals surface area contributed by atoms with E-state index in [-0.39, 0.29) is 41.4 Å². The summed E-state index contributed by atoms with van der Waals surface area (Å²) in [6, 6.07) is 40.8. The Balaban J connectivity index is 0.855. The first-order valence-corrected chi connectivity index (χ1v) is 19.7. The van der Waals surface area contributed by atoms with E-state index in [0.29, 0.717) is 54.9 Å². The van der Waals surface area contributed by atoms with Gasteiger partial charge < -0.3 is 35.3 Å². The quantitative estimate of drug-likeness (QED) is 0.0538. The molecule has 1 aromatic heterocycles. The zero-order chi connectivity index (χ0) is 40.3. The Kier molecular flexibility index (Phi) is 13.3. The van der Waals surface area contributed by atoms with Gasteiger partial charge in [0.05, 0.1) is 18.2 Å². The minimum atomic E-state index is -0.874. The number of likely N-dealkylation sites (tertiary alicyclic amines) is 1. The summed E-state index contributed by atoms with van der Waals surface area (Å²) < 4.78 is 12.2. The Morgan fingerprint density at radius 1 is 0.845 bits per heavy atom. The number of pyridine rings is 1. The van der Waals surface area contributed by atoms with Crippen LogP contribution in [0.2, 0.25) is 0 Å². The van der Waals surface area contributed by atoms with Crippen LogP contribution in [0.4, 0.5) is 0 Å². The van der Waals surface area contributed by atoms with E-state index in [0.717, 1.165) is 36.2 Å². The number of fused-ring (bicyclic) bond motifs is 1. The maximum atomic E-state index is 13.8. The number of phenols is 1. The third kappa shape index (κ3) is 10.4. The lowest BCUT2D eigenvalue weighted by Crippen LogP contribution is -2.27. The summed E-state index contributed by atoms with van der Waals surface area (Å²) in [6.45, 7) is 3.90. The van der Waals surface area contributed by atoms with Crippen LogP contribution in [-0.4, -0.2) is 70.9 Å². The van der Waals surface area contributed by atoms with Crippen molar-refractivity contribution >= 4 is 22.8 Å². The molecule has 0 spiro atoms. The van der Waals surface area contributed by atoms with Crippen LogP contribution in [0.15, 0.2) is 138 Å². The number of H-pyrrole nitrogens is 1. The molecular weight excluding hydrogens is 733 g/mol. The van der Waals surface area contributed by atoms with Crippen LogP contribution < -0.4 is 20.9 Å². The SMILES string of the molecule is O=C(NCCCOc1cccc(C(C(=O)OC2CCN(Cc3ccccc3)C2)c2ccccc2)c1)c1ccc(CNCC(O)c2ccc(O)c3[nH]c(=O)ccc23)cc1. The van der Waals surface area contributed by atoms with Gasteiger partial charge in [0.1, 0.15) is 23.5 Å². The number of esters is 1. The first kappa shape index (κ1) is 39.9. The monoisotopic (exact) mass is 780 g/mol. The number of rotatable bonds is 17. The van der Waals surface area contributed by atoms with E-state index in [4.69, 9.17) is 9.47 Å². The third-order valence-electron chi connectivity index (χ3n) is 10.3. The number of hydrogen-bond donors (Lipinski definition) is 5. The van der Waals surface area contributed by atoms with Gasteiger partial charge in [0.25, 0.3) is 5.91 Å². The third-order valence-corrected chi connectivity index (χ3v) is 10.3. The van der Waals surface area contributed by atoms with E-state index >= 15 is 0 Å². The van der Waals surface area contributed by atoms with Gasteiger partial charge in [0.2, 0.25) is 5.56 Å². The van der Waals surface area contributed by atoms with E-state index in [1.807, 2.05) is 84.9 Å². The van der Waals surface area contributed by atoms with Crippen LogP contribution in [-0.2, 0) is 22.6 Å². The van der Waals surface area contributed by atoms with Crippen molar-refractivity contribution in [3.8, 4) is 11.5 Å². The molecule has 5 aromatic carbocycles. The number of ether oxygens (including phenoxy) is 2. The lowest BCUT2D eigenvalue weighted by molar-refractivity contribution is -0.149. The molecule has 11 heteroatoms. The number of hydrogen-bond acceptors (Lipinski definition) is 9. The van der Waals surface area contributed by atoms with Crippen molar-refractivity contribution in [3.05, 3.63) is 177 Å². The van der Waals surface area contributed by atoms with Gasteiger partial charge in [-0.25, -0.2) is 0 Å². The molecule has 298 valence electrons. The molecule has 1 amide bonds. The zero-order valence-corrected chi connectivity index (χ0v) is 32.2. The standard InChI is InChI=1S/C47H48N4O7/c52-41-21-19-39(40-20-22-43(54)50-45(40)41)42(53)29-48-28-32-15-17-35(18-16-32)46(55)49-24-8-26-57-37-14-7-13-36(27-37)44(34-11-5-2-6-12-34)47(56)58-38-23-25-51(31-38)30-33-9-3-1-4-10-33/h1-7,9-22,27,38,42,44,48,52-53H,8,23-26,28-31H2,(H,49,55)(H,50,54). The van der Waals surface area contributed by atoms with Crippen LogP contribution in [0.25, 0.3) is 10.9 Å². The number of nitrogens with one attached hydrogen (secondary N) is 3. The summed E-state index contributed by atoms with van der Waals surface area (Å²) in [5.74, 6) is -0.488. The molecule has 1 fully saturated rings. The summed E-state index contributed by atoms with van der Waals surface area (Å²) >= 11 is 0. The highest BCUT2D eigenvalue weighted by molar-refractivity contribution is 5.94. The number of carbonyl (C=O) groups excluding carboxylic acids is 2. The molecule has 6 aromatic rings. The van der Waals surface area contributed by atoms with Crippen molar-refractivity contribution in [2.45, 2.75) is 44.1 Å². The van der Waals surface area contributed by atoms with Gasteiger partial charge in [-0.05, 0) is 77.1 Å². The van der Waals surface area contributed by atoms with Crippen molar-refractivity contribution < 1.29 is 29.3 Å². The number of aliphatic hydroxyl groups excluding tert-OH is 1. The molecule has 7 rings (SSSR count). The highest BCUT2D eigenvalue weighted by Gasteiger charge is 2.31. The van der Waals surface area contributed by atoms with E-state index in [9.17, 15) is 24.6 Å².